The van der Waals surface area contributed by atoms with Gasteiger partial charge in [0.25, 0.3) is 0 Å². The molecule has 0 spiro atoms. The van der Waals surface area contributed by atoms with Crippen LogP contribution in [0, 0.1) is 0 Å². The fraction of sp³-hybridized carbons (Fsp3) is 0.182. The van der Waals surface area contributed by atoms with Gasteiger partial charge >= 0.3 is 0 Å². The van der Waals surface area contributed by atoms with E-state index in [2.05, 4.69) is 23.7 Å². The number of H-pyrrole nitrogens is 1. The Bertz CT molecular complexity index is 461. The Hall–Kier alpha value is -1.22. The smallest absolute Gasteiger partial charge is 0.186 e. The highest BCUT2D eigenvalue weighted by molar-refractivity contribution is 7.96. The van der Waals surface area contributed by atoms with Gasteiger partial charge in [-0.2, -0.15) is 0 Å². The molecule has 0 aliphatic rings. The average Bonchev–Trinajstić information content (AvgIpc) is 2.58. The van der Waals surface area contributed by atoms with E-state index in [1.165, 1.54) is 10.9 Å². The monoisotopic (exact) mass is 205 g/mol. The van der Waals surface area contributed by atoms with E-state index in [0.717, 1.165) is 11.9 Å². The second-order valence-electron chi connectivity index (χ2n) is 3.25. The van der Waals surface area contributed by atoms with Crippen LogP contribution >= 0.6 is 12.6 Å². The van der Waals surface area contributed by atoms with Crippen molar-refractivity contribution in [1.82, 2.24) is 4.98 Å². The molecule has 0 amide bonds. The lowest BCUT2D eigenvalue weighted by Crippen LogP contribution is -1.90. The number of nitrogens with one attached hydrogen (secondary N) is 1. The highest BCUT2D eigenvalue weighted by Gasteiger charge is 2.03. The van der Waals surface area contributed by atoms with Crippen molar-refractivity contribution in [2.45, 2.75) is 12.8 Å². The molecule has 0 saturated carbocycles. The van der Waals surface area contributed by atoms with Crippen LogP contribution in [0.2, 0.25) is 0 Å². The SMILES string of the molecule is O=C(S)CCc1c[nH]c2ccccc12. The van der Waals surface area contributed by atoms with Crippen LogP contribution in [0.25, 0.3) is 10.9 Å². The summed E-state index contributed by atoms with van der Waals surface area (Å²) in [6.45, 7) is 0. The first-order valence-corrected chi connectivity index (χ1v) is 4.99. The van der Waals surface area contributed by atoms with Gasteiger partial charge in [0.2, 0.25) is 0 Å². The van der Waals surface area contributed by atoms with Gasteiger partial charge in [-0.05, 0) is 18.1 Å². The molecular weight excluding hydrogens is 194 g/mol. The van der Waals surface area contributed by atoms with Crippen LogP contribution in [-0.4, -0.2) is 10.1 Å². The van der Waals surface area contributed by atoms with E-state index in [1.807, 2.05) is 24.4 Å². The van der Waals surface area contributed by atoms with Crippen molar-refractivity contribution in [3.8, 4) is 0 Å². The number of hydrogen-bond acceptors (Lipinski definition) is 1. The fourth-order valence-corrected chi connectivity index (χ4v) is 1.69. The molecule has 0 atom stereocenters. The summed E-state index contributed by atoms with van der Waals surface area (Å²) in [5.41, 5.74) is 2.30. The molecule has 0 fully saturated rings. The third-order valence-electron chi connectivity index (χ3n) is 2.28. The summed E-state index contributed by atoms with van der Waals surface area (Å²) < 4.78 is 0. The lowest BCUT2D eigenvalue weighted by atomic mass is 10.1. The zero-order valence-electron chi connectivity index (χ0n) is 7.66. The van der Waals surface area contributed by atoms with Crippen LogP contribution in [0.5, 0.6) is 0 Å². The van der Waals surface area contributed by atoms with Gasteiger partial charge in [-0.1, -0.05) is 18.2 Å². The minimum absolute atomic E-state index is 0.0599. The van der Waals surface area contributed by atoms with Crippen molar-refractivity contribution in [3.63, 3.8) is 0 Å². The van der Waals surface area contributed by atoms with Crippen LogP contribution in [0.4, 0.5) is 0 Å². The van der Waals surface area contributed by atoms with Crippen molar-refractivity contribution >= 4 is 28.6 Å². The Morgan fingerprint density at radius 1 is 1.36 bits per heavy atom. The molecule has 2 nitrogen and oxygen atoms in total. The van der Waals surface area contributed by atoms with E-state index in [0.29, 0.717) is 6.42 Å². The summed E-state index contributed by atoms with van der Waals surface area (Å²) in [4.78, 5) is 13.9. The number of hydrogen-bond donors (Lipinski definition) is 2. The number of thiol groups is 1. The molecular formula is C11H11NOS. The predicted molar refractivity (Wildman–Crippen MR) is 60.6 cm³/mol. The van der Waals surface area contributed by atoms with Gasteiger partial charge < -0.3 is 4.98 Å². The second kappa shape index (κ2) is 3.88. The van der Waals surface area contributed by atoms with Gasteiger partial charge in [0, 0.05) is 23.5 Å². The Labute approximate surface area is 87.7 Å². The number of fused-ring (bicyclic) bond motifs is 1. The molecule has 1 heterocycles. The Balaban J connectivity index is 2.29. The number of para-hydroxylation sites is 1. The first-order chi connectivity index (χ1) is 6.77. The largest absolute Gasteiger partial charge is 0.361 e. The lowest BCUT2D eigenvalue weighted by molar-refractivity contribution is -0.110. The molecule has 1 N–H and O–H groups in total. The number of aromatic nitrogens is 1. The van der Waals surface area contributed by atoms with E-state index in [4.69, 9.17) is 0 Å². The Morgan fingerprint density at radius 3 is 2.93 bits per heavy atom. The van der Waals surface area contributed by atoms with E-state index < -0.39 is 0 Å². The molecule has 0 saturated heterocycles. The molecule has 1 aromatic heterocycles. The van der Waals surface area contributed by atoms with E-state index >= 15 is 0 Å². The van der Waals surface area contributed by atoms with E-state index in [1.54, 1.807) is 0 Å². The quantitative estimate of drug-likeness (QED) is 0.742. The van der Waals surface area contributed by atoms with Crippen LogP contribution in [-0.2, 0) is 11.2 Å². The topological polar surface area (TPSA) is 32.9 Å². The van der Waals surface area contributed by atoms with Gasteiger partial charge in [0.05, 0.1) is 0 Å². The predicted octanol–water partition coefficient (Wildman–Crippen LogP) is 2.56. The normalized spacial score (nSPS) is 10.6. The number of rotatable bonds is 3. The first-order valence-electron chi connectivity index (χ1n) is 4.54. The second-order valence-corrected chi connectivity index (χ2v) is 3.75. The molecule has 3 heteroatoms. The number of aryl methyl sites for hydroxylation is 1. The molecule has 0 aliphatic heterocycles. The Kier molecular flexibility index (Phi) is 2.59. The zero-order valence-corrected chi connectivity index (χ0v) is 8.55. The molecule has 2 aromatic rings. The number of carbonyl (C=O) groups is 1. The van der Waals surface area contributed by atoms with E-state index in [-0.39, 0.29) is 5.12 Å². The summed E-state index contributed by atoms with van der Waals surface area (Å²) in [5.74, 6) is 0. The van der Waals surface area contributed by atoms with Crippen molar-refractivity contribution < 1.29 is 4.79 Å². The summed E-state index contributed by atoms with van der Waals surface area (Å²) >= 11 is 3.75. The van der Waals surface area contributed by atoms with Gasteiger partial charge in [-0.3, -0.25) is 4.79 Å². The third-order valence-corrected chi connectivity index (χ3v) is 2.51. The molecule has 72 valence electrons. The van der Waals surface area contributed by atoms with Gasteiger partial charge in [0.15, 0.2) is 5.12 Å². The standard InChI is InChI=1S/C11H11NOS/c13-11(14)6-5-8-7-12-10-4-2-1-3-9(8)10/h1-4,7,12H,5-6H2,(H,13,14). The molecule has 1 aromatic carbocycles. The minimum Gasteiger partial charge on any atom is -0.361 e. The average molecular weight is 205 g/mol. The first kappa shape index (κ1) is 9.34. The molecule has 0 bridgehead atoms. The van der Waals surface area contributed by atoms with Crippen molar-refractivity contribution in [2.75, 3.05) is 0 Å². The summed E-state index contributed by atoms with van der Waals surface area (Å²) in [7, 11) is 0. The maximum atomic E-state index is 10.7. The fourth-order valence-electron chi connectivity index (χ4n) is 1.58. The van der Waals surface area contributed by atoms with Crippen molar-refractivity contribution in [3.05, 3.63) is 36.0 Å². The molecule has 0 radical (unpaired) electrons. The van der Waals surface area contributed by atoms with Crippen LogP contribution < -0.4 is 0 Å². The molecule has 14 heavy (non-hydrogen) atoms. The molecule has 0 aliphatic carbocycles. The summed E-state index contributed by atoms with van der Waals surface area (Å²) in [5, 5.41) is 1.14. The van der Waals surface area contributed by atoms with Crippen LogP contribution in [0.3, 0.4) is 0 Å². The number of aromatic amines is 1. The van der Waals surface area contributed by atoms with Gasteiger partial charge in [-0.25, -0.2) is 0 Å². The van der Waals surface area contributed by atoms with Gasteiger partial charge in [-0.15, -0.1) is 12.6 Å². The summed E-state index contributed by atoms with van der Waals surface area (Å²) in [6.07, 6.45) is 3.21. The number of carbonyl (C=O) groups excluding carboxylic acids is 1. The number of benzene rings is 1. The Morgan fingerprint density at radius 2 is 2.14 bits per heavy atom. The maximum Gasteiger partial charge on any atom is 0.186 e. The minimum atomic E-state index is -0.0599. The van der Waals surface area contributed by atoms with Gasteiger partial charge in [0.1, 0.15) is 0 Å². The zero-order chi connectivity index (χ0) is 9.97. The van der Waals surface area contributed by atoms with Crippen molar-refractivity contribution in [1.29, 1.82) is 0 Å². The summed E-state index contributed by atoms with van der Waals surface area (Å²) in [6, 6.07) is 8.08. The van der Waals surface area contributed by atoms with Crippen LogP contribution in [0.1, 0.15) is 12.0 Å². The third kappa shape index (κ3) is 1.82. The highest BCUT2D eigenvalue weighted by atomic mass is 32.1. The maximum absolute atomic E-state index is 10.7. The lowest BCUT2D eigenvalue weighted by Gasteiger charge is -1.95. The van der Waals surface area contributed by atoms with E-state index in [9.17, 15) is 4.79 Å². The highest BCUT2D eigenvalue weighted by Crippen LogP contribution is 2.19. The molecule has 2 rings (SSSR count). The van der Waals surface area contributed by atoms with Crippen LogP contribution in [0.15, 0.2) is 30.5 Å². The van der Waals surface area contributed by atoms with Crippen molar-refractivity contribution in [2.24, 2.45) is 0 Å². The molecule has 0 unspecified atom stereocenters.